The maximum absolute atomic E-state index is 11.1. The van der Waals surface area contributed by atoms with Gasteiger partial charge < -0.3 is 10.1 Å². The minimum absolute atomic E-state index is 0.0538. The first kappa shape index (κ1) is 15.8. The third-order valence-electron chi connectivity index (χ3n) is 4.07. The molecule has 3 rings (SSSR count). The van der Waals surface area contributed by atoms with Crippen LogP contribution >= 0.6 is 0 Å². The Bertz CT molecular complexity index is 674. The maximum Gasteiger partial charge on any atom is 0.221 e. The molecule has 1 aliphatic carbocycles. The number of hydrogen-bond donors (Lipinski definition) is 1. The van der Waals surface area contributed by atoms with E-state index in [0.717, 1.165) is 23.8 Å². The van der Waals surface area contributed by atoms with Crippen LogP contribution in [0.3, 0.4) is 0 Å². The van der Waals surface area contributed by atoms with Crippen LogP contribution in [-0.4, -0.2) is 12.5 Å². The van der Waals surface area contributed by atoms with Crippen molar-refractivity contribution >= 4 is 11.6 Å². The first-order valence-corrected chi connectivity index (χ1v) is 8.17. The average Bonchev–Trinajstić information content (AvgIpc) is 3.33. The molecule has 2 aromatic carbocycles. The van der Waals surface area contributed by atoms with E-state index in [4.69, 9.17) is 4.74 Å². The van der Waals surface area contributed by atoms with E-state index < -0.39 is 0 Å². The highest BCUT2D eigenvalue weighted by Gasteiger charge is 2.24. The van der Waals surface area contributed by atoms with Gasteiger partial charge in [0.05, 0.1) is 6.61 Å². The molecule has 0 saturated heterocycles. The summed E-state index contributed by atoms with van der Waals surface area (Å²) in [6.45, 7) is 4.43. The molecule has 0 bridgehead atoms. The third kappa shape index (κ3) is 4.42. The molecular weight excluding hydrogens is 286 g/mol. The topological polar surface area (TPSA) is 38.3 Å². The van der Waals surface area contributed by atoms with Crippen molar-refractivity contribution in [1.29, 1.82) is 0 Å². The predicted octanol–water partition coefficient (Wildman–Crippen LogP) is 4.47. The molecule has 0 radical (unpaired) electrons. The first-order valence-electron chi connectivity index (χ1n) is 8.17. The Labute approximate surface area is 137 Å². The lowest BCUT2D eigenvalue weighted by Crippen LogP contribution is -2.10. The Morgan fingerprint density at radius 2 is 1.91 bits per heavy atom. The zero-order valence-corrected chi connectivity index (χ0v) is 13.7. The van der Waals surface area contributed by atoms with Crippen molar-refractivity contribution in [2.24, 2.45) is 5.92 Å². The average molecular weight is 309 g/mol. The molecule has 120 valence electrons. The Morgan fingerprint density at radius 1 is 1.17 bits per heavy atom. The molecule has 23 heavy (non-hydrogen) atoms. The number of hydrogen-bond acceptors (Lipinski definition) is 2. The van der Waals surface area contributed by atoms with Gasteiger partial charge >= 0.3 is 0 Å². The zero-order valence-electron chi connectivity index (χ0n) is 13.7. The van der Waals surface area contributed by atoms with Gasteiger partial charge in [-0.05, 0) is 48.9 Å². The van der Waals surface area contributed by atoms with Crippen molar-refractivity contribution in [3.8, 4) is 0 Å². The van der Waals surface area contributed by atoms with Crippen molar-refractivity contribution < 1.29 is 9.53 Å². The molecule has 0 heterocycles. The highest BCUT2D eigenvalue weighted by Crippen LogP contribution is 2.34. The van der Waals surface area contributed by atoms with Gasteiger partial charge in [-0.15, -0.1) is 0 Å². The summed E-state index contributed by atoms with van der Waals surface area (Å²) in [5, 5.41) is 2.80. The molecule has 1 atom stereocenters. The van der Waals surface area contributed by atoms with Crippen LogP contribution in [0, 0.1) is 12.8 Å². The van der Waals surface area contributed by atoms with Crippen molar-refractivity contribution in [3.05, 3.63) is 65.2 Å². The number of amides is 1. The van der Waals surface area contributed by atoms with Gasteiger partial charge in [0.1, 0.15) is 6.10 Å². The van der Waals surface area contributed by atoms with E-state index in [1.54, 1.807) is 0 Å². The van der Waals surface area contributed by atoms with E-state index in [-0.39, 0.29) is 12.0 Å². The largest absolute Gasteiger partial charge is 0.369 e. The highest BCUT2D eigenvalue weighted by molar-refractivity contribution is 5.88. The lowest BCUT2D eigenvalue weighted by Gasteiger charge is -2.20. The summed E-state index contributed by atoms with van der Waals surface area (Å²) >= 11 is 0. The van der Waals surface area contributed by atoms with E-state index in [2.05, 4.69) is 36.5 Å². The van der Waals surface area contributed by atoms with Crippen LogP contribution in [0.2, 0.25) is 0 Å². The number of aryl methyl sites for hydroxylation is 1. The smallest absolute Gasteiger partial charge is 0.221 e. The van der Waals surface area contributed by atoms with Crippen molar-refractivity contribution in [2.45, 2.75) is 32.8 Å². The van der Waals surface area contributed by atoms with Gasteiger partial charge in [0.2, 0.25) is 5.91 Å². The Hall–Kier alpha value is -2.13. The van der Waals surface area contributed by atoms with Crippen molar-refractivity contribution in [2.75, 3.05) is 11.9 Å². The summed E-state index contributed by atoms with van der Waals surface area (Å²) in [4.78, 5) is 11.1. The standard InChI is InChI=1S/C20H23NO2/c1-14-4-3-5-18(12-14)20(23-13-16-6-7-16)17-8-10-19(11-9-17)21-15(2)22/h3-5,8-12,16,20H,6-7,13H2,1-2H3,(H,21,22). The number of rotatable bonds is 6. The molecule has 3 nitrogen and oxygen atoms in total. The fraction of sp³-hybridized carbons (Fsp3) is 0.350. The van der Waals surface area contributed by atoms with E-state index in [0.29, 0.717) is 0 Å². The lowest BCUT2D eigenvalue weighted by molar-refractivity contribution is -0.114. The van der Waals surface area contributed by atoms with Crippen molar-refractivity contribution in [1.82, 2.24) is 0 Å². The minimum atomic E-state index is -0.0574. The maximum atomic E-state index is 11.1. The SMILES string of the molecule is CC(=O)Nc1ccc(C(OCC2CC2)c2cccc(C)c2)cc1. The Kier molecular flexibility index (Phi) is 4.77. The number of carbonyl (C=O) groups is 1. The summed E-state index contributed by atoms with van der Waals surface area (Å²) in [5.41, 5.74) is 4.34. The number of nitrogens with one attached hydrogen (secondary N) is 1. The molecular formula is C20H23NO2. The summed E-state index contributed by atoms with van der Waals surface area (Å²) in [6, 6.07) is 16.4. The van der Waals surface area contributed by atoms with E-state index in [1.165, 1.54) is 30.9 Å². The van der Waals surface area contributed by atoms with Crippen LogP contribution in [0.15, 0.2) is 48.5 Å². The van der Waals surface area contributed by atoms with Crippen LogP contribution in [0.4, 0.5) is 5.69 Å². The number of ether oxygens (including phenoxy) is 1. The van der Waals surface area contributed by atoms with Gasteiger partial charge in [0.25, 0.3) is 0 Å². The van der Waals surface area contributed by atoms with Crippen molar-refractivity contribution in [3.63, 3.8) is 0 Å². The molecule has 1 fully saturated rings. The van der Waals surface area contributed by atoms with E-state index in [1.807, 2.05) is 24.3 Å². The summed E-state index contributed by atoms with van der Waals surface area (Å²) in [5.74, 6) is 0.666. The number of benzene rings is 2. The van der Waals surface area contributed by atoms with Gasteiger partial charge in [-0.2, -0.15) is 0 Å². The zero-order chi connectivity index (χ0) is 16.2. The fourth-order valence-electron chi connectivity index (χ4n) is 2.68. The summed E-state index contributed by atoms with van der Waals surface area (Å²) in [7, 11) is 0. The highest BCUT2D eigenvalue weighted by atomic mass is 16.5. The van der Waals surface area contributed by atoms with Crippen LogP contribution in [-0.2, 0) is 9.53 Å². The molecule has 2 aromatic rings. The lowest BCUT2D eigenvalue weighted by atomic mass is 9.99. The molecule has 0 spiro atoms. The van der Waals surface area contributed by atoms with E-state index in [9.17, 15) is 4.79 Å². The first-order chi connectivity index (χ1) is 11.1. The number of anilines is 1. The second kappa shape index (κ2) is 6.97. The van der Waals surface area contributed by atoms with Crippen LogP contribution in [0.5, 0.6) is 0 Å². The van der Waals surface area contributed by atoms with Gasteiger partial charge in [-0.25, -0.2) is 0 Å². The fourth-order valence-corrected chi connectivity index (χ4v) is 2.68. The van der Waals surface area contributed by atoms with Gasteiger partial charge in [-0.3, -0.25) is 4.79 Å². The van der Waals surface area contributed by atoms with Gasteiger partial charge in [0, 0.05) is 12.6 Å². The van der Waals surface area contributed by atoms with Gasteiger partial charge in [0.15, 0.2) is 0 Å². The van der Waals surface area contributed by atoms with Gasteiger partial charge in [-0.1, -0.05) is 42.0 Å². The van der Waals surface area contributed by atoms with Crippen LogP contribution in [0.1, 0.15) is 42.6 Å². The molecule has 0 aromatic heterocycles. The molecule has 1 saturated carbocycles. The molecule has 0 aliphatic heterocycles. The Morgan fingerprint density at radius 3 is 2.52 bits per heavy atom. The normalized spacial score (nSPS) is 15.2. The third-order valence-corrected chi connectivity index (χ3v) is 4.07. The molecule has 1 N–H and O–H groups in total. The van der Waals surface area contributed by atoms with Crippen LogP contribution in [0.25, 0.3) is 0 Å². The molecule has 1 amide bonds. The summed E-state index contributed by atoms with van der Waals surface area (Å²) < 4.78 is 6.23. The second-order valence-corrected chi connectivity index (χ2v) is 6.37. The van der Waals surface area contributed by atoms with Crippen LogP contribution < -0.4 is 5.32 Å². The minimum Gasteiger partial charge on any atom is -0.369 e. The second-order valence-electron chi connectivity index (χ2n) is 6.37. The monoisotopic (exact) mass is 309 g/mol. The molecule has 3 heteroatoms. The molecule has 1 aliphatic rings. The molecule has 1 unspecified atom stereocenters. The Balaban J connectivity index is 1.82. The quantitative estimate of drug-likeness (QED) is 0.855. The summed E-state index contributed by atoms with van der Waals surface area (Å²) in [6.07, 6.45) is 2.51. The number of carbonyl (C=O) groups excluding carboxylic acids is 1. The van der Waals surface area contributed by atoms with E-state index >= 15 is 0 Å². The predicted molar refractivity (Wildman–Crippen MR) is 92.4 cm³/mol.